The second-order valence-corrected chi connectivity index (χ2v) is 11.1. The van der Waals surface area contributed by atoms with Gasteiger partial charge in [0.15, 0.2) is 0 Å². The fourth-order valence-corrected chi connectivity index (χ4v) is 4.87. The minimum atomic E-state index is -3.43. The van der Waals surface area contributed by atoms with E-state index in [1.807, 2.05) is 36.4 Å². The summed E-state index contributed by atoms with van der Waals surface area (Å²) in [5.74, 6) is -0.633. The van der Waals surface area contributed by atoms with Gasteiger partial charge in [-0.3, -0.25) is 14.4 Å². The van der Waals surface area contributed by atoms with Crippen molar-refractivity contribution < 1.29 is 17.6 Å². The molecule has 0 aliphatic heterocycles. The Hall–Kier alpha value is -3.72. The molecule has 4 aromatic rings. The second kappa shape index (κ2) is 14.6. The van der Waals surface area contributed by atoms with E-state index < -0.39 is 10.0 Å². The van der Waals surface area contributed by atoms with Crippen LogP contribution in [0.4, 0.5) is 15.8 Å². The van der Waals surface area contributed by atoms with E-state index in [1.54, 1.807) is 41.3 Å². The number of rotatable bonds is 12. The number of carbonyl (C=O) groups excluding carboxylic acids is 1. The number of sulfonamides is 1. The van der Waals surface area contributed by atoms with Crippen LogP contribution in [0.15, 0.2) is 109 Å². The van der Waals surface area contributed by atoms with Crippen molar-refractivity contribution in [2.24, 2.45) is 0 Å². The molecule has 0 saturated heterocycles. The maximum absolute atomic E-state index is 13.7. The topological polar surface area (TPSA) is 69.7 Å². The molecule has 9 heteroatoms. The number of carbonyl (C=O) groups is 1. The van der Waals surface area contributed by atoms with Gasteiger partial charge in [0, 0.05) is 43.1 Å². The molecular weight excluding hydrogens is 549 g/mol. The van der Waals surface area contributed by atoms with Crippen molar-refractivity contribution in [3.05, 3.63) is 132 Å². The van der Waals surface area contributed by atoms with Gasteiger partial charge in [-0.1, -0.05) is 60.7 Å². The summed E-state index contributed by atoms with van der Waals surface area (Å²) in [5.41, 5.74) is 3.78. The predicted octanol–water partition coefficient (Wildman–Crippen LogP) is 6.01. The first-order chi connectivity index (χ1) is 18.8. The van der Waals surface area contributed by atoms with E-state index in [-0.39, 0.29) is 24.1 Å². The maximum Gasteiger partial charge on any atom is 0.258 e. The summed E-state index contributed by atoms with van der Waals surface area (Å²) < 4.78 is 39.2. The molecule has 0 fully saturated rings. The zero-order valence-electron chi connectivity index (χ0n) is 22.2. The minimum absolute atomic E-state index is 0. The van der Waals surface area contributed by atoms with Crippen molar-refractivity contribution in [2.75, 3.05) is 35.5 Å². The Morgan fingerprint density at radius 1 is 0.750 bits per heavy atom. The highest BCUT2D eigenvalue weighted by molar-refractivity contribution is 7.92. The minimum Gasteiger partial charge on any atom is -0.307 e. The molecule has 0 spiro atoms. The summed E-state index contributed by atoms with van der Waals surface area (Å²) in [5, 5.41) is 0. The second-order valence-electron chi connectivity index (χ2n) is 9.38. The van der Waals surface area contributed by atoms with Gasteiger partial charge in [0.05, 0.1) is 6.26 Å². The third-order valence-corrected chi connectivity index (χ3v) is 6.87. The third-order valence-electron chi connectivity index (χ3n) is 6.27. The van der Waals surface area contributed by atoms with Gasteiger partial charge in [0.25, 0.3) is 5.91 Å². The first-order valence-electron chi connectivity index (χ1n) is 12.7. The van der Waals surface area contributed by atoms with E-state index in [2.05, 4.69) is 33.9 Å². The van der Waals surface area contributed by atoms with Crippen LogP contribution in [0, 0.1) is 5.82 Å². The Morgan fingerprint density at radius 2 is 1.32 bits per heavy atom. The zero-order valence-corrected chi connectivity index (χ0v) is 23.9. The molecule has 6 nitrogen and oxygen atoms in total. The van der Waals surface area contributed by atoms with Gasteiger partial charge in [0.1, 0.15) is 5.82 Å². The average Bonchev–Trinajstić information content (AvgIpc) is 2.93. The fourth-order valence-electron chi connectivity index (χ4n) is 4.30. The molecule has 1 N–H and O–H groups in total. The summed E-state index contributed by atoms with van der Waals surface area (Å²) in [6.07, 6.45) is 1.94. The molecule has 0 atom stereocenters. The van der Waals surface area contributed by atoms with Crippen LogP contribution in [0.2, 0.25) is 0 Å². The molecule has 0 heterocycles. The molecule has 40 heavy (non-hydrogen) atoms. The van der Waals surface area contributed by atoms with E-state index in [1.165, 1.54) is 23.3 Å². The predicted molar refractivity (Wildman–Crippen MR) is 162 cm³/mol. The Kier molecular flexibility index (Phi) is 11.3. The molecule has 0 radical (unpaired) electrons. The molecule has 0 saturated carbocycles. The summed E-state index contributed by atoms with van der Waals surface area (Å²) in [6.45, 7) is 2.51. The lowest BCUT2D eigenvalue weighted by Gasteiger charge is -2.28. The van der Waals surface area contributed by atoms with Gasteiger partial charge in [-0.2, -0.15) is 0 Å². The van der Waals surface area contributed by atoms with Crippen LogP contribution < -0.4 is 9.62 Å². The molecule has 0 unspecified atom stereocenters. The van der Waals surface area contributed by atoms with Crippen LogP contribution in [0.25, 0.3) is 0 Å². The first kappa shape index (κ1) is 30.8. The molecule has 0 aromatic heterocycles. The van der Waals surface area contributed by atoms with Gasteiger partial charge in [0.2, 0.25) is 10.0 Å². The van der Waals surface area contributed by atoms with Crippen molar-refractivity contribution in [1.82, 2.24) is 4.90 Å². The number of nitrogens with one attached hydrogen (secondary N) is 1. The smallest absolute Gasteiger partial charge is 0.258 e. The van der Waals surface area contributed by atoms with Crippen LogP contribution >= 0.6 is 12.4 Å². The highest BCUT2D eigenvalue weighted by Gasteiger charge is 2.20. The molecule has 0 aliphatic carbocycles. The van der Waals surface area contributed by atoms with E-state index in [9.17, 15) is 17.6 Å². The summed E-state index contributed by atoms with van der Waals surface area (Å²) in [7, 11) is -3.43. The summed E-state index contributed by atoms with van der Waals surface area (Å²) in [6, 6.07) is 32.6. The Morgan fingerprint density at radius 3 is 1.90 bits per heavy atom. The normalized spacial score (nSPS) is 11.1. The number of anilines is 2. The maximum atomic E-state index is 13.7. The molecule has 4 rings (SSSR count). The first-order valence-corrected chi connectivity index (χ1v) is 14.6. The largest absolute Gasteiger partial charge is 0.307 e. The lowest BCUT2D eigenvalue weighted by atomic mass is 10.1. The summed E-state index contributed by atoms with van der Waals surface area (Å²) >= 11 is 0. The van der Waals surface area contributed by atoms with E-state index in [0.29, 0.717) is 30.0 Å². The van der Waals surface area contributed by atoms with Crippen molar-refractivity contribution in [3.8, 4) is 0 Å². The zero-order chi connectivity index (χ0) is 27.7. The van der Waals surface area contributed by atoms with Crippen LogP contribution in [0.3, 0.4) is 0 Å². The lowest BCUT2D eigenvalue weighted by Crippen LogP contribution is -2.39. The van der Waals surface area contributed by atoms with E-state index in [4.69, 9.17) is 0 Å². The van der Waals surface area contributed by atoms with Gasteiger partial charge < -0.3 is 4.90 Å². The molecule has 210 valence electrons. The number of halogens is 2. The fraction of sp³-hybridized carbons (Fsp3) is 0.194. The van der Waals surface area contributed by atoms with E-state index >= 15 is 0 Å². The van der Waals surface area contributed by atoms with E-state index in [0.717, 1.165) is 25.8 Å². The Bertz CT molecular complexity index is 1450. The highest BCUT2D eigenvalue weighted by atomic mass is 35.5. The van der Waals surface area contributed by atoms with Crippen molar-refractivity contribution in [2.45, 2.75) is 13.0 Å². The standard InChI is InChI=1S/C31H32FN3O3S.ClH/c1-39(37,38)33-29-16-12-27(13-17-29)31(36)35(30-18-14-28(32)15-19-30)23-22-34(24-26-10-6-3-7-11-26)21-20-25-8-4-2-5-9-25;/h2-19,33H,20-24H2,1H3;1H. The van der Waals surface area contributed by atoms with Gasteiger partial charge >= 0.3 is 0 Å². The van der Waals surface area contributed by atoms with Crippen molar-refractivity contribution in [1.29, 1.82) is 0 Å². The SMILES string of the molecule is CS(=O)(=O)Nc1ccc(C(=O)N(CCN(CCc2ccccc2)Cc2ccccc2)c2ccc(F)cc2)cc1.Cl. The van der Waals surface area contributed by atoms with Crippen LogP contribution in [0.5, 0.6) is 0 Å². The molecule has 0 aliphatic rings. The van der Waals surface area contributed by atoms with Crippen LogP contribution in [-0.2, 0) is 23.0 Å². The number of hydrogen-bond donors (Lipinski definition) is 1. The third kappa shape index (κ3) is 9.48. The quantitative estimate of drug-likeness (QED) is 0.222. The summed E-state index contributed by atoms with van der Waals surface area (Å²) in [4.78, 5) is 17.6. The van der Waals surface area contributed by atoms with Crippen molar-refractivity contribution >= 4 is 39.7 Å². The lowest BCUT2D eigenvalue weighted by molar-refractivity contribution is 0.0983. The van der Waals surface area contributed by atoms with Crippen molar-refractivity contribution in [3.63, 3.8) is 0 Å². The molecular formula is C31H33ClFN3O3S. The monoisotopic (exact) mass is 581 g/mol. The number of nitrogens with zero attached hydrogens (tertiary/aromatic N) is 2. The molecule has 1 amide bonds. The number of benzene rings is 4. The highest BCUT2D eigenvalue weighted by Crippen LogP contribution is 2.20. The Labute approximate surface area is 241 Å². The van der Waals surface area contributed by atoms with Gasteiger partial charge in [-0.05, 0) is 66.1 Å². The molecule has 0 bridgehead atoms. The van der Waals surface area contributed by atoms with Gasteiger partial charge in [-0.25, -0.2) is 12.8 Å². The average molecular weight is 582 g/mol. The number of amides is 1. The van der Waals surface area contributed by atoms with Crippen LogP contribution in [-0.4, -0.2) is 45.1 Å². The Balaban J connectivity index is 0.00000441. The number of hydrogen-bond acceptors (Lipinski definition) is 4. The van der Waals surface area contributed by atoms with Gasteiger partial charge in [-0.15, -0.1) is 12.4 Å². The van der Waals surface area contributed by atoms with Crippen LogP contribution in [0.1, 0.15) is 21.5 Å². The molecule has 4 aromatic carbocycles.